The molecule has 31 heavy (non-hydrogen) atoms. The van der Waals surface area contributed by atoms with Crippen molar-refractivity contribution >= 4 is 23.2 Å². The van der Waals surface area contributed by atoms with E-state index in [-0.39, 0.29) is 42.2 Å². The smallest absolute Gasteiger partial charge is 0.322 e. The average Bonchev–Trinajstić information content (AvgIpc) is 3.38. The summed E-state index contributed by atoms with van der Waals surface area (Å²) in [6.45, 7) is 0.165. The van der Waals surface area contributed by atoms with E-state index in [4.69, 9.17) is 4.74 Å². The van der Waals surface area contributed by atoms with Gasteiger partial charge in [-0.25, -0.2) is 18.6 Å². The van der Waals surface area contributed by atoms with Crippen LogP contribution in [0, 0.1) is 17.6 Å². The van der Waals surface area contributed by atoms with Gasteiger partial charge in [0.25, 0.3) is 0 Å². The Morgan fingerprint density at radius 2 is 2.16 bits per heavy atom. The molecule has 3 amide bonds. The van der Waals surface area contributed by atoms with E-state index in [0.29, 0.717) is 12.4 Å². The van der Waals surface area contributed by atoms with E-state index in [2.05, 4.69) is 10.3 Å². The van der Waals surface area contributed by atoms with Crippen LogP contribution in [0.25, 0.3) is 5.57 Å². The first kappa shape index (κ1) is 19.5. The topological polar surface area (TPSA) is 74.8 Å². The van der Waals surface area contributed by atoms with Gasteiger partial charge in [-0.15, -0.1) is 0 Å². The molecular weight excluding hydrogens is 406 g/mol. The minimum atomic E-state index is -1.01. The first-order valence-electron chi connectivity index (χ1n) is 9.99. The molecule has 3 aliphatic rings. The maximum atomic E-state index is 14.1. The SMILES string of the molecule is COc1ncccc1C1=C[C@@H]2C[C@H]1CN2C(=O)CN1Cc2c(ccc(F)c2F)NC1=O. The zero-order valence-electron chi connectivity index (χ0n) is 16.8. The number of hydrogen-bond acceptors (Lipinski definition) is 4. The van der Waals surface area contributed by atoms with Crippen LogP contribution in [-0.2, 0) is 11.3 Å². The number of ether oxygens (including phenoxy) is 1. The van der Waals surface area contributed by atoms with Crippen molar-refractivity contribution in [3.8, 4) is 5.88 Å². The van der Waals surface area contributed by atoms with E-state index in [1.54, 1.807) is 18.2 Å². The van der Waals surface area contributed by atoms with Gasteiger partial charge in [0.05, 0.1) is 25.4 Å². The quantitative estimate of drug-likeness (QED) is 0.816. The second-order valence-electron chi connectivity index (χ2n) is 7.90. The Labute approximate surface area is 177 Å². The fourth-order valence-corrected chi connectivity index (χ4v) is 4.67. The van der Waals surface area contributed by atoms with Crippen LogP contribution in [0.15, 0.2) is 36.5 Å². The molecule has 2 bridgehead atoms. The van der Waals surface area contributed by atoms with Gasteiger partial charge in [-0.1, -0.05) is 6.08 Å². The number of rotatable bonds is 4. The number of methoxy groups -OCH3 is 1. The van der Waals surface area contributed by atoms with Crippen molar-refractivity contribution in [3.63, 3.8) is 0 Å². The third-order valence-corrected chi connectivity index (χ3v) is 6.15. The molecule has 1 saturated heterocycles. The molecule has 0 spiro atoms. The molecule has 0 radical (unpaired) electrons. The third-order valence-electron chi connectivity index (χ3n) is 6.15. The number of amides is 3. The van der Waals surface area contributed by atoms with Crippen LogP contribution in [0.2, 0.25) is 0 Å². The normalized spacial score (nSPS) is 21.6. The number of carbonyl (C=O) groups excluding carboxylic acids is 2. The monoisotopic (exact) mass is 426 g/mol. The Morgan fingerprint density at radius 3 is 2.90 bits per heavy atom. The van der Waals surface area contributed by atoms with Gasteiger partial charge in [-0.2, -0.15) is 0 Å². The fourth-order valence-electron chi connectivity index (χ4n) is 4.67. The van der Waals surface area contributed by atoms with Crippen LogP contribution in [0.1, 0.15) is 17.5 Å². The summed E-state index contributed by atoms with van der Waals surface area (Å²) in [5, 5.41) is 2.53. The Kier molecular flexibility index (Phi) is 4.60. The summed E-state index contributed by atoms with van der Waals surface area (Å²) in [7, 11) is 1.58. The molecule has 5 rings (SSSR count). The Balaban J connectivity index is 1.31. The van der Waals surface area contributed by atoms with Crippen molar-refractivity contribution in [1.82, 2.24) is 14.8 Å². The number of anilines is 1. The summed E-state index contributed by atoms with van der Waals surface area (Å²) in [6.07, 6.45) is 4.52. The van der Waals surface area contributed by atoms with E-state index in [9.17, 15) is 18.4 Å². The number of likely N-dealkylation sites (tertiary alicyclic amines) is 1. The number of carbonyl (C=O) groups is 2. The number of hydrogen-bond donors (Lipinski definition) is 1. The molecule has 7 nitrogen and oxygen atoms in total. The second-order valence-corrected chi connectivity index (χ2v) is 7.90. The summed E-state index contributed by atoms with van der Waals surface area (Å²) in [6, 6.07) is 5.51. The van der Waals surface area contributed by atoms with Crippen molar-refractivity contribution in [2.24, 2.45) is 5.92 Å². The zero-order chi connectivity index (χ0) is 21.7. The number of nitrogens with one attached hydrogen (secondary N) is 1. The van der Waals surface area contributed by atoms with Crippen LogP contribution >= 0.6 is 0 Å². The van der Waals surface area contributed by atoms with Gasteiger partial charge in [0.1, 0.15) is 6.54 Å². The highest BCUT2D eigenvalue weighted by molar-refractivity contribution is 5.95. The summed E-state index contributed by atoms with van der Waals surface area (Å²) >= 11 is 0. The van der Waals surface area contributed by atoms with E-state index in [1.165, 1.54) is 11.0 Å². The van der Waals surface area contributed by atoms with Gasteiger partial charge in [-0.3, -0.25) is 4.79 Å². The van der Waals surface area contributed by atoms with Gasteiger partial charge >= 0.3 is 6.03 Å². The standard InChI is InChI=1S/C22H20F2N4O3/c1-31-21-14(3-2-6-25-21)15-8-13-7-12(15)9-28(13)19(29)11-27-10-16-18(26-22(27)30)5-4-17(23)20(16)24/h2-6,8,12-13H,7,9-11H2,1H3,(H,26,30)/t12-,13-/m0/s1. The minimum absolute atomic E-state index is 0.0428. The zero-order valence-corrected chi connectivity index (χ0v) is 16.8. The molecule has 0 unspecified atom stereocenters. The lowest BCUT2D eigenvalue weighted by atomic mass is 9.96. The number of pyridine rings is 1. The van der Waals surface area contributed by atoms with Crippen LogP contribution in [0.3, 0.4) is 0 Å². The molecule has 2 atom stereocenters. The molecule has 1 fully saturated rings. The number of fused-ring (bicyclic) bond motifs is 3. The third kappa shape index (κ3) is 3.20. The lowest BCUT2D eigenvalue weighted by Gasteiger charge is -2.32. The molecule has 1 aromatic carbocycles. The predicted molar refractivity (Wildman–Crippen MR) is 108 cm³/mol. The Morgan fingerprint density at radius 1 is 1.32 bits per heavy atom. The Bertz CT molecular complexity index is 1120. The average molecular weight is 426 g/mol. The highest BCUT2D eigenvalue weighted by atomic mass is 19.2. The largest absolute Gasteiger partial charge is 0.481 e. The first-order valence-corrected chi connectivity index (χ1v) is 9.99. The van der Waals surface area contributed by atoms with E-state index in [0.717, 1.165) is 23.6 Å². The van der Waals surface area contributed by atoms with Crippen LogP contribution in [0.4, 0.5) is 19.3 Å². The summed E-state index contributed by atoms with van der Waals surface area (Å²) in [5.74, 6) is -1.50. The molecule has 1 N–H and O–H groups in total. The first-order chi connectivity index (χ1) is 15.0. The lowest BCUT2D eigenvalue weighted by Crippen LogP contribution is -2.47. The molecular formula is C22H20F2N4O3. The second kappa shape index (κ2) is 7.33. The minimum Gasteiger partial charge on any atom is -0.481 e. The molecule has 2 aliphatic heterocycles. The molecule has 0 saturated carbocycles. The van der Waals surface area contributed by atoms with Crippen molar-refractivity contribution < 1.29 is 23.1 Å². The maximum Gasteiger partial charge on any atom is 0.322 e. The summed E-state index contributed by atoms with van der Waals surface area (Å²) in [5.41, 5.74) is 2.31. The highest BCUT2D eigenvalue weighted by Crippen LogP contribution is 2.44. The molecule has 3 heterocycles. The van der Waals surface area contributed by atoms with Gasteiger partial charge < -0.3 is 19.9 Å². The van der Waals surface area contributed by atoms with E-state index < -0.39 is 17.7 Å². The predicted octanol–water partition coefficient (Wildman–Crippen LogP) is 3.03. The number of urea groups is 1. The molecule has 9 heteroatoms. The fraction of sp³-hybridized carbons (Fsp3) is 0.318. The molecule has 2 aromatic rings. The number of aromatic nitrogens is 1. The van der Waals surface area contributed by atoms with Crippen LogP contribution in [0.5, 0.6) is 5.88 Å². The van der Waals surface area contributed by atoms with Crippen LogP contribution in [-0.4, -0.2) is 53.0 Å². The van der Waals surface area contributed by atoms with Crippen molar-refractivity contribution in [1.29, 1.82) is 0 Å². The van der Waals surface area contributed by atoms with Crippen molar-refractivity contribution in [2.75, 3.05) is 25.5 Å². The lowest BCUT2D eigenvalue weighted by molar-refractivity contribution is -0.132. The number of nitrogens with zero attached hydrogens (tertiary/aromatic N) is 3. The molecule has 1 aliphatic carbocycles. The van der Waals surface area contributed by atoms with Gasteiger partial charge in [0, 0.05) is 29.8 Å². The van der Waals surface area contributed by atoms with Gasteiger partial charge in [-0.05, 0) is 36.3 Å². The van der Waals surface area contributed by atoms with Crippen molar-refractivity contribution in [3.05, 3.63) is 59.3 Å². The van der Waals surface area contributed by atoms with Crippen molar-refractivity contribution in [2.45, 2.75) is 19.0 Å². The van der Waals surface area contributed by atoms with Gasteiger partial charge in [0.15, 0.2) is 11.6 Å². The van der Waals surface area contributed by atoms with E-state index >= 15 is 0 Å². The maximum absolute atomic E-state index is 14.1. The van der Waals surface area contributed by atoms with E-state index in [1.807, 2.05) is 18.2 Å². The molecule has 1 aromatic heterocycles. The number of benzene rings is 1. The Hall–Kier alpha value is -3.49. The molecule has 160 valence electrons. The van der Waals surface area contributed by atoms with Gasteiger partial charge in [0.2, 0.25) is 11.8 Å². The highest BCUT2D eigenvalue weighted by Gasteiger charge is 2.43. The summed E-state index contributed by atoms with van der Waals surface area (Å²) < 4.78 is 33.1. The van der Waals surface area contributed by atoms with Crippen LogP contribution < -0.4 is 10.1 Å². The summed E-state index contributed by atoms with van der Waals surface area (Å²) in [4.78, 5) is 32.5. The number of halogens is 2.